The molecule has 0 bridgehead atoms. The molecule has 6 heteroatoms. The summed E-state index contributed by atoms with van der Waals surface area (Å²) in [6.45, 7) is 6.99. The van der Waals surface area contributed by atoms with Gasteiger partial charge in [-0.3, -0.25) is 0 Å². The molecule has 94 valence electrons. The first-order valence-electron chi connectivity index (χ1n) is 5.27. The Kier molecular flexibility index (Phi) is 5.62. The second kappa shape index (κ2) is 6.52. The maximum Gasteiger partial charge on any atom is 0.171 e. The van der Waals surface area contributed by atoms with Crippen molar-refractivity contribution in [3.63, 3.8) is 0 Å². The first-order chi connectivity index (χ1) is 7.91. The van der Waals surface area contributed by atoms with Gasteiger partial charge in [0, 0.05) is 12.7 Å². The van der Waals surface area contributed by atoms with Crippen molar-refractivity contribution in [2.45, 2.75) is 20.8 Å². The van der Waals surface area contributed by atoms with Gasteiger partial charge in [0.05, 0.1) is 9.50 Å². The van der Waals surface area contributed by atoms with Crippen LogP contribution in [0.3, 0.4) is 0 Å². The number of rotatable bonds is 3. The summed E-state index contributed by atoms with van der Waals surface area (Å²) in [5, 5.41) is 7.35. The maximum atomic E-state index is 5.96. The van der Waals surface area contributed by atoms with Gasteiger partial charge in [0.15, 0.2) is 5.11 Å². The highest BCUT2D eigenvalue weighted by atomic mass is 79.9. The zero-order valence-corrected chi connectivity index (χ0v) is 13.1. The number of halogens is 2. The topological polar surface area (TPSA) is 37.0 Å². The van der Waals surface area contributed by atoms with Crippen LogP contribution in [0.2, 0.25) is 5.02 Å². The Balaban J connectivity index is 2.69. The van der Waals surface area contributed by atoms with Crippen LogP contribution in [-0.2, 0) is 0 Å². The minimum absolute atomic E-state index is 0.540. The summed E-state index contributed by atoms with van der Waals surface area (Å²) < 4.78 is 0.832. The van der Waals surface area contributed by atoms with Gasteiger partial charge < -0.3 is 10.6 Å². The van der Waals surface area contributed by atoms with Crippen LogP contribution in [-0.4, -0.2) is 16.6 Å². The van der Waals surface area contributed by atoms with Crippen LogP contribution in [0.1, 0.15) is 19.4 Å². The minimum atomic E-state index is 0.540. The van der Waals surface area contributed by atoms with E-state index in [-0.39, 0.29) is 0 Å². The summed E-state index contributed by atoms with van der Waals surface area (Å²) in [4.78, 5) is 4.19. The standard InChI is InChI=1S/C11H15BrClN3S/c1-6(2)4-15-11(17)16-10-9(12)7(3)8(13)5-14-10/h5-6H,4H2,1-3H3,(H2,14,15,16,17). The van der Waals surface area contributed by atoms with Crippen molar-refractivity contribution < 1.29 is 0 Å². The molecule has 0 unspecified atom stereocenters. The number of hydrogen-bond acceptors (Lipinski definition) is 2. The molecule has 0 fully saturated rings. The van der Waals surface area contributed by atoms with Crippen LogP contribution in [0.5, 0.6) is 0 Å². The molecule has 0 spiro atoms. The van der Waals surface area contributed by atoms with Gasteiger partial charge in [-0.1, -0.05) is 25.4 Å². The molecule has 3 nitrogen and oxygen atoms in total. The van der Waals surface area contributed by atoms with E-state index in [1.54, 1.807) is 6.20 Å². The number of nitrogens with zero attached hydrogens (tertiary/aromatic N) is 1. The van der Waals surface area contributed by atoms with Crippen molar-refractivity contribution >= 4 is 50.7 Å². The third kappa shape index (κ3) is 4.41. The van der Waals surface area contributed by atoms with Crippen LogP contribution in [0, 0.1) is 12.8 Å². The number of nitrogens with one attached hydrogen (secondary N) is 2. The minimum Gasteiger partial charge on any atom is -0.362 e. The number of aromatic nitrogens is 1. The second-order valence-corrected chi connectivity index (χ2v) is 5.73. The fourth-order valence-electron chi connectivity index (χ4n) is 1.09. The normalized spacial score (nSPS) is 10.5. The van der Waals surface area contributed by atoms with Crippen LogP contribution in [0.15, 0.2) is 10.7 Å². The molecule has 0 aromatic carbocycles. The molecule has 0 aliphatic rings. The molecule has 0 atom stereocenters. The molecule has 1 aromatic rings. The highest BCUT2D eigenvalue weighted by Gasteiger charge is 2.09. The van der Waals surface area contributed by atoms with Crippen LogP contribution >= 0.6 is 39.7 Å². The third-order valence-corrected chi connectivity index (χ3v) is 3.70. The molecule has 1 heterocycles. The van der Waals surface area contributed by atoms with Gasteiger partial charge in [-0.2, -0.15) is 0 Å². The second-order valence-electron chi connectivity index (χ2n) is 4.12. The highest BCUT2D eigenvalue weighted by molar-refractivity contribution is 9.10. The Bertz CT molecular complexity index is 423. The largest absolute Gasteiger partial charge is 0.362 e. The summed E-state index contributed by atoms with van der Waals surface area (Å²) in [5.41, 5.74) is 0.941. The average Bonchev–Trinajstić information content (AvgIpc) is 2.27. The third-order valence-electron chi connectivity index (χ3n) is 2.11. The first-order valence-corrected chi connectivity index (χ1v) is 6.85. The van der Waals surface area contributed by atoms with E-state index in [9.17, 15) is 0 Å². The molecule has 2 N–H and O–H groups in total. The molecule has 1 aromatic heterocycles. The van der Waals surface area contributed by atoms with Crippen molar-refractivity contribution in [1.29, 1.82) is 0 Å². The van der Waals surface area contributed by atoms with Crippen LogP contribution < -0.4 is 10.6 Å². The van der Waals surface area contributed by atoms with Crippen LogP contribution in [0.25, 0.3) is 0 Å². The first kappa shape index (κ1) is 14.7. The smallest absolute Gasteiger partial charge is 0.171 e. The fraction of sp³-hybridized carbons (Fsp3) is 0.455. The molecular weight excluding hydrogens is 322 g/mol. The average molecular weight is 337 g/mol. The molecule has 17 heavy (non-hydrogen) atoms. The van der Waals surface area contributed by atoms with Crippen molar-refractivity contribution in [3.8, 4) is 0 Å². The van der Waals surface area contributed by atoms with E-state index >= 15 is 0 Å². The Morgan fingerprint density at radius 1 is 1.59 bits per heavy atom. The lowest BCUT2D eigenvalue weighted by atomic mass is 10.2. The van der Waals surface area contributed by atoms with E-state index in [4.69, 9.17) is 23.8 Å². The Morgan fingerprint density at radius 2 is 2.24 bits per heavy atom. The monoisotopic (exact) mass is 335 g/mol. The van der Waals surface area contributed by atoms with E-state index in [0.29, 0.717) is 21.9 Å². The predicted octanol–water partition coefficient (Wildman–Crippen LogP) is 3.75. The molecular formula is C11H15BrClN3S. The Morgan fingerprint density at radius 3 is 2.82 bits per heavy atom. The Hall–Kier alpha value is -0.390. The zero-order chi connectivity index (χ0) is 13.0. The van der Waals surface area contributed by atoms with Crippen molar-refractivity contribution in [2.75, 3.05) is 11.9 Å². The summed E-state index contributed by atoms with van der Waals surface area (Å²) in [7, 11) is 0. The predicted molar refractivity (Wildman–Crippen MR) is 80.7 cm³/mol. The Labute approximate surface area is 120 Å². The highest BCUT2D eigenvalue weighted by Crippen LogP contribution is 2.28. The molecule has 0 amide bonds. The fourth-order valence-corrected chi connectivity index (χ4v) is 1.95. The van der Waals surface area contributed by atoms with Crippen molar-refractivity contribution in [2.24, 2.45) is 5.92 Å². The SMILES string of the molecule is Cc1c(Cl)cnc(NC(=S)NCC(C)C)c1Br. The van der Waals surface area contributed by atoms with Gasteiger partial charge in [0.1, 0.15) is 5.82 Å². The van der Waals surface area contributed by atoms with E-state index < -0.39 is 0 Å². The van der Waals surface area contributed by atoms with Crippen LogP contribution in [0.4, 0.5) is 5.82 Å². The lowest BCUT2D eigenvalue weighted by molar-refractivity contribution is 0.627. The number of anilines is 1. The van der Waals surface area contributed by atoms with E-state index in [2.05, 4.69) is 45.4 Å². The van der Waals surface area contributed by atoms with Gasteiger partial charge in [-0.15, -0.1) is 0 Å². The lowest BCUT2D eigenvalue weighted by Crippen LogP contribution is -2.31. The van der Waals surface area contributed by atoms with Gasteiger partial charge in [0.25, 0.3) is 0 Å². The molecule has 1 rings (SSSR count). The lowest BCUT2D eigenvalue weighted by Gasteiger charge is -2.13. The molecule has 0 aliphatic carbocycles. The van der Waals surface area contributed by atoms with Crippen molar-refractivity contribution in [3.05, 3.63) is 21.3 Å². The molecule has 0 saturated heterocycles. The summed E-state index contributed by atoms with van der Waals surface area (Å²) in [6, 6.07) is 0. The number of pyridine rings is 1. The number of hydrogen-bond donors (Lipinski definition) is 2. The van der Waals surface area contributed by atoms with Gasteiger partial charge in [-0.05, 0) is 46.6 Å². The summed E-state index contributed by atoms with van der Waals surface area (Å²) in [6.07, 6.45) is 1.61. The zero-order valence-electron chi connectivity index (χ0n) is 9.97. The summed E-state index contributed by atoms with van der Waals surface area (Å²) in [5.74, 6) is 1.21. The molecule has 0 aliphatic heterocycles. The quantitative estimate of drug-likeness (QED) is 0.824. The maximum absolute atomic E-state index is 5.96. The molecule has 0 radical (unpaired) electrons. The van der Waals surface area contributed by atoms with Gasteiger partial charge in [0.2, 0.25) is 0 Å². The van der Waals surface area contributed by atoms with Gasteiger partial charge >= 0.3 is 0 Å². The summed E-state index contributed by atoms with van der Waals surface area (Å²) >= 11 is 14.6. The number of thiocarbonyl (C=S) groups is 1. The van der Waals surface area contributed by atoms with Gasteiger partial charge in [-0.25, -0.2) is 4.98 Å². The van der Waals surface area contributed by atoms with E-state index in [1.165, 1.54) is 0 Å². The molecule has 0 saturated carbocycles. The van der Waals surface area contributed by atoms with Crippen molar-refractivity contribution in [1.82, 2.24) is 10.3 Å². The van der Waals surface area contributed by atoms with E-state index in [0.717, 1.165) is 16.6 Å². The van der Waals surface area contributed by atoms with E-state index in [1.807, 2.05) is 6.92 Å².